The maximum atomic E-state index is 14.1. The number of benzene rings is 1. The van der Waals surface area contributed by atoms with Gasteiger partial charge in [0.25, 0.3) is 0 Å². The van der Waals surface area contributed by atoms with Gasteiger partial charge in [-0.05, 0) is 31.5 Å². The Labute approximate surface area is 145 Å². The number of carbonyl (C=O) groups excluding carboxylic acids is 2. The predicted octanol–water partition coefficient (Wildman–Crippen LogP) is 2.44. The minimum absolute atomic E-state index is 0.0777. The molecule has 1 aromatic carbocycles. The number of aromatic nitrogens is 1. The molecule has 2 amide bonds. The van der Waals surface area contributed by atoms with E-state index in [9.17, 15) is 14.0 Å². The predicted molar refractivity (Wildman–Crippen MR) is 89.3 cm³/mol. The van der Waals surface area contributed by atoms with Gasteiger partial charge in [0.05, 0.1) is 18.2 Å². The van der Waals surface area contributed by atoms with Crippen molar-refractivity contribution in [2.75, 3.05) is 18.5 Å². The van der Waals surface area contributed by atoms with E-state index in [0.29, 0.717) is 18.0 Å². The van der Waals surface area contributed by atoms with Crippen LogP contribution in [-0.2, 0) is 16.1 Å². The van der Waals surface area contributed by atoms with E-state index >= 15 is 0 Å². The molecule has 1 aliphatic heterocycles. The van der Waals surface area contributed by atoms with Gasteiger partial charge < -0.3 is 14.3 Å². The van der Waals surface area contributed by atoms with Crippen molar-refractivity contribution in [3.8, 4) is 0 Å². The minimum atomic E-state index is -0.494. The van der Waals surface area contributed by atoms with Crippen LogP contribution in [0.15, 0.2) is 28.8 Å². The third-order valence-corrected chi connectivity index (χ3v) is 4.32. The lowest BCUT2D eigenvalue weighted by atomic mass is 10.1. The third kappa shape index (κ3) is 3.55. The molecule has 6 nitrogen and oxygen atoms in total. The summed E-state index contributed by atoms with van der Waals surface area (Å²) in [6, 6.07) is 6.48. The maximum Gasteiger partial charge on any atom is 0.228 e. The highest BCUT2D eigenvalue weighted by Crippen LogP contribution is 2.29. The van der Waals surface area contributed by atoms with E-state index in [-0.39, 0.29) is 30.5 Å². The summed E-state index contributed by atoms with van der Waals surface area (Å²) in [4.78, 5) is 27.8. The molecule has 1 saturated heterocycles. The van der Waals surface area contributed by atoms with Crippen molar-refractivity contribution < 1.29 is 18.5 Å². The van der Waals surface area contributed by atoms with Crippen LogP contribution in [0.1, 0.15) is 23.4 Å². The number of amides is 2. The Morgan fingerprint density at radius 2 is 2.16 bits per heavy atom. The largest absolute Gasteiger partial charge is 0.361 e. The summed E-state index contributed by atoms with van der Waals surface area (Å²) in [6.45, 7) is 4.05. The summed E-state index contributed by atoms with van der Waals surface area (Å²) in [5.74, 6) is -0.678. The Bertz CT molecular complexity index is 818. The molecule has 0 saturated carbocycles. The highest BCUT2D eigenvalue weighted by Gasteiger charge is 2.37. The Morgan fingerprint density at radius 1 is 1.40 bits per heavy atom. The molecule has 2 aromatic rings. The van der Waals surface area contributed by atoms with Gasteiger partial charge in [-0.2, -0.15) is 0 Å². The van der Waals surface area contributed by atoms with Crippen LogP contribution < -0.4 is 4.90 Å². The molecule has 1 fully saturated rings. The summed E-state index contributed by atoms with van der Waals surface area (Å²) >= 11 is 0. The van der Waals surface area contributed by atoms with E-state index in [0.717, 1.165) is 5.56 Å². The molecule has 7 heteroatoms. The number of anilines is 1. The van der Waals surface area contributed by atoms with Crippen LogP contribution in [0.2, 0.25) is 0 Å². The van der Waals surface area contributed by atoms with Gasteiger partial charge in [0, 0.05) is 26.1 Å². The SMILES string of the molecule is Cc1ccc(N2C[C@@H](C(=O)N(C)Cc3cc(C)on3)CC2=O)c(F)c1. The molecule has 3 rings (SSSR count). The highest BCUT2D eigenvalue weighted by atomic mass is 19.1. The molecular formula is C18H20FN3O3. The smallest absolute Gasteiger partial charge is 0.228 e. The summed E-state index contributed by atoms with van der Waals surface area (Å²) in [5.41, 5.74) is 1.66. The molecule has 0 N–H and O–H groups in total. The van der Waals surface area contributed by atoms with Crippen molar-refractivity contribution in [1.82, 2.24) is 10.1 Å². The zero-order valence-electron chi connectivity index (χ0n) is 14.5. The van der Waals surface area contributed by atoms with Gasteiger partial charge in [-0.3, -0.25) is 9.59 Å². The molecule has 2 heterocycles. The molecule has 1 aliphatic rings. The Kier molecular flexibility index (Phi) is 4.57. The van der Waals surface area contributed by atoms with E-state index in [1.807, 2.05) is 0 Å². The minimum Gasteiger partial charge on any atom is -0.361 e. The number of nitrogens with zero attached hydrogens (tertiary/aromatic N) is 3. The number of hydrogen-bond acceptors (Lipinski definition) is 4. The molecule has 0 spiro atoms. The van der Waals surface area contributed by atoms with E-state index in [2.05, 4.69) is 5.16 Å². The lowest BCUT2D eigenvalue weighted by Crippen LogP contribution is -2.34. The molecule has 0 unspecified atom stereocenters. The van der Waals surface area contributed by atoms with Gasteiger partial charge in [0.15, 0.2) is 0 Å². The average Bonchev–Trinajstić information content (AvgIpc) is 3.12. The van der Waals surface area contributed by atoms with Crippen molar-refractivity contribution in [3.63, 3.8) is 0 Å². The number of rotatable bonds is 4. The number of hydrogen-bond donors (Lipinski definition) is 0. The quantitative estimate of drug-likeness (QED) is 0.854. The van der Waals surface area contributed by atoms with Crippen LogP contribution >= 0.6 is 0 Å². The van der Waals surface area contributed by atoms with Crippen molar-refractivity contribution in [2.45, 2.75) is 26.8 Å². The molecule has 1 aromatic heterocycles. The van der Waals surface area contributed by atoms with Gasteiger partial charge >= 0.3 is 0 Å². The molecule has 25 heavy (non-hydrogen) atoms. The standard InChI is InChI=1S/C18H20FN3O3/c1-11-4-5-16(15(19)6-11)22-9-13(8-17(22)23)18(24)21(3)10-14-7-12(2)25-20-14/h4-7,13H,8-10H2,1-3H3/t13-/m0/s1. The third-order valence-electron chi connectivity index (χ3n) is 4.32. The Balaban J connectivity index is 1.69. The molecule has 0 aliphatic carbocycles. The van der Waals surface area contributed by atoms with Gasteiger partial charge in [0.2, 0.25) is 11.8 Å². The first-order valence-corrected chi connectivity index (χ1v) is 8.09. The molecule has 132 valence electrons. The van der Waals surface area contributed by atoms with E-state index < -0.39 is 11.7 Å². The monoisotopic (exact) mass is 345 g/mol. The van der Waals surface area contributed by atoms with Gasteiger partial charge in [-0.1, -0.05) is 11.2 Å². The first kappa shape index (κ1) is 17.1. The van der Waals surface area contributed by atoms with Crippen LogP contribution in [0.25, 0.3) is 0 Å². The van der Waals surface area contributed by atoms with Crippen LogP contribution in [0.4, 0.5) is 10.1 Å². The van der Waals surface area contributed by atoms with Crippen molar-refractivity contribution in [2.24, 2.45) is 5.92 Å². The van der Waals surface area contributed by atoms with Crippen LogP contribution in [0.3, 0.4) is 0 Å². The molecule has 0 bridgehead atoms. The lowest BCUT2D eigenvalue weighted by molar-refractivity contribution is -0.135. The second kappa shape index (κ2) is 6.66. The van der Waals surface area contributed by atoms with Crippen molar-refractivity contribution in [3.05, 3.63) is 47.1 Å². The Morgan fingerprint density at radius 3 is 2.80 bits per heavy atom. The number of aryl methyl sites for hydroxylation is 2. The summed E-state index contributed by atoms with van der Waals surface area (Å²) in [6.07, 6.45) is 0.0777. The first-order chi connectivity index (χ1) is 11.8. The number of carbonyl (C=O) groups is 2. The molecular weight excluding hydrogens is 325 g/mol. The second-order valence-corrected chi connectivity index (χ2v) is 6.48. The van der Waals surface area contributed by atoms with Crippen LogP contribution in [-0.4, -0.2) is 35.5 Å². The second-order valence-electron chi connectivity index (χ2n) is 6.48. The first-order valence-electron chi connectivity index (χ1n) is 8.09. The Hall–Kier alpha value is -2.70. The fourth-order valence-electron chi connectivity index (χ4n) is 3.06. The summed E-state index contributed by atoms with van der Waals surface area (Å²) in [5, 5.41) is 3.87. The van der Waals surface area contributed by atoms with E-state index in [1.54, 1.807) is 39.1 Å². The van der Waals surface area contributed by atoms with E-state index in [4.69, 9.17) is 4.52 Å². The van der Waals surface area contributed by atoms with Gasteiger partial charge in [-0.15, -0.1) is 0 Å². The van der Waals surface area contributed by atoms with Crippen LogP contribution in [0, 0.1) is 25.6 Å². The zero-order valence-corrected chi connectivity index (χ0v) is 14.5. The average molecular weight is 345 g/mol. The van der Waals surface area contributed by atoms with E-state index in [1.165, 1.54) is 15.9 Å². The highest BCUT2D eigenvalue weighted by molar-refractivity contribution is 6.00. The maximum absolute atomic E-state index is 14.1. The zero-order chi connectivity index (χ0) is 18.1. The normalized spacial score (nSPS) is 17.2. The topological polar surface area (TPSA) is 66.7 Å². The van der Waals surface area contributed by atoms with Gasteiger partial charge in [-0.25, -0.2) is 4.39 Å². The summed E-state index contributed by atoms with van der Waals surface area (Å²) < 4.78 is 19.1. The lowest BCUT2D eigenvalue weighted by Gasteiger charge is -2.21. The molecule has 0 radical (unpaired) electrons. The van der Waals surface area contributed by atoms with Crippen LogP contribution in [0.5, 0.6) is 0 Å². The number of halogens is 1. The fraction of sp³-hybridized carbons (Fsp3) is 0.389. The van der Waals surface area contributed by atoms with Gasteiger partial charge in [0.1, 0.15) is 17.3 Å². The molecule has 1 atom stereocenters. The van der Waals surface area contributed by atoms with Crippen molar-refractivity contribution >= 4 is 17.5 Å². The fourth-order valence-corrected chi connectivity index (χ4v) is 3.06. The summed E-state index contributed by atoms with van der Waals surface area (Å²) in [7, 11) is 1.66. The van der Waals surface area contributed by atoms with Crippen molar-refractivity contribution in [1.29, 1.82) is 0 Å².